The zero-order valence-corrected chi connectivity index (χ0v) is 8.26. The van der Waals surface area contributed by atoms with Crippen molar-refractivity contribution in [3.8, 4) is 0 Å². The first kappa shape index (κ1) is 12.0. The van der Waals surface area contributed by atoms with E-state index in [-0.39, 0.29) is 18.2 Å². The van der Waals surface area contributed by atoms with Gasteiger partial charge < -0.3 is 9.47 Å². The van der Waals surface area contributed by atoms with E-state index in [9.17, 15) is 9.59 Å². The van der Waals surface area contributed by atoms with Crippen molar-refractivity contribution in [2.24, 2.45) is 0 Å². The largest absolute Gasteiger partial charge is 0.463 e. The Morgan fingerprint density at radius 1 is 1.23 bits per heavy atom. The molecule has 0 unspecified atom stereocenters. The number of carbonyl (C=O) groups is 2. The zero-order valence-electron chi connectivity index (χ0n) is 7.50. The Balaban J connectivity index is 4.14. The second-order valence-corrected chi connectivity index (χ2v) is 2.37. The van der Waals surface area contributed by atoms with E-state index in [1.165, 1.54) is 0 Å². The van der Waals surface area contributed by atoms with E-state index in [1.54, 1.807) is 13.8 Å². The molecule has 4 nitrogen and oxygen atoms in total. The Bertz CT molecular complexity index is 222. The average Bonchev–Trinajstić information content (AvgIpc) is 2.05. The second-order valence-electron chi connectivity index (χ2n) is 1.96. The van der Waals surface area contributed by atoms with Gasteiger partial charge in [0.1, 0.15) is 5.03 Å². The number of carbonyl (C=O) groups excluding carboxylic acids is 2. The van der Waals surface area contributed by atoms with Gasteiger partial charge in [0, 0.05) is 6.08 Å². The minimum Gasteiger partial charge on any atom is -0.463 e. The number of halogens is 1. The lowest BCUT2D eigenvalue weighted by molar-refractivity contribution is -0.140. The molecule has 0 aliphatic rings. The molecule has 0 saturated carbocycles. The topological polar surface area (TPSA) is 52.6 Å². The predicted molar refractivity (Wildman–Crippen MR) is 47.2 cm³/mol. The summed E-state index contributed by atoms with van der Waals surface area (Å²) in [5.74, 6) is -1.38. The van der Waals surface area contributed by atoms with Gasteiger partial charge >= 0.3 is 11.9 Å². The zero-order chi connectivity index (χ0) is 10.3. The lowest BCUT2D eigenvalue weighted by Crippen LogP contribution is -2.07. The molecule has 5 heteroatoms. The van der Waals surface area contributed by atoms with Gasteiger partial charge in [0.15, 0.2) is 0 Å². The van der Waals surface area contributed by atoms with Crippen LogP contribution in [0.5, 0.6) is 0 Å². The van der Waals surface area contributed by atoms with E-state index in [0.29, 0.717) is 0 Å². The highest BCUT2D eigenvalue weighted by Gasteiger charge is 2.09. The van der Waals surface area contributed by atoms with Crippen molar-refractivity contribution in [2.75, 3.05) is 13.2 Å². The molecule has 0 spiro atoms. The van der Waals surface area contributed by atoms with Crippen LogP contribution in [0.1, 0.15) is 13.8 Å². The maximum Gasteiger partial charge on any atom is 0.350 e. The standard InChI is InChI=1S/C8H11ClO4/c1-3-12-7(10)5-6(9)8(11)13-4-2/h5H,3-4H2,1-2H3. The molecule has 0 radical (unpaired) electrons. The van der Waals surface area contributed by atoms with Crippen molar-refractivity contribution in [3.63, 3.8) is 0 Å². The summed E-state index contributed by atoms with van der Waals surface area (Å²) in [6.07, 6.45) is 0.892. The minimum absolute atomic E-state index is 0.214. The Morgan fingerprint density at radius 3 is 2.23 bits per heavy atom. The molecule has 0 aromatic heterocycles. The molecule has 0 bridgehead atoms. The predicted octanol–water partition coefficient (Wildman–Crippen LogP) is 1.24. The number of ether oxygens (including phenoxy) is 2. The van der Waals surface area contributed by atoms with Gasteiger partial charge in [0.25, 0.3) is 0 Å². The number of esters is 2. The van der Waals surface area contributed by atoms with Crippen molar-refractivity contribution in [2.45, 2.75) is 13.8 Å². The summed E-state index contributed by atoms with van der Waals surface area (Å²) in [5, 5.41) is -0.277. The van der Waals surface area contributed by atoms with Crippen LogP contribution in [0, 0.1) is 0 Å². The fourth-order valence-electron chi connectivity index (χ4n) is 0.546. The smallest absolute Gasteiger partial charge is 0.350 e. The maximum absolute atomic E-state index is 10.9. The highest BCUT2D eigenvalue weighted by molar-refractivity contribution is 6.42. The first-order chi connectivity index (χ1) is 6.11. The van der Waals surface area contributed by atoms with Crippen LogP contribution in [-0.2, 0) is 19.1 Å². The molecule has 74 valence electrons. The van der Waals surface area contributed by atoms with Gasteiger partial charge in [-0.2, -0.15) is 0 Å². The van der Waals surface area contributed by atoms with Gasteiger partial charge in [-0.25, -0.2) is 9.59 Å². The van der Waals surface area contributed by atoms with Crippen LogP contribution in [0.15, 0.2) is 11.1 Å². The molecule has 0 atom stereocenters. The van der Waals surface area contributed by atoms with Crippen molar-refractivity contribution in [3.05, 3.63) is 11.1 Å². The van der Waals surface area contributed by atoms with Gasteiger partial charge in [-0.3, -0.25) is 0 Å². The second kappa shape index (κ2) is 6.48. The number of hydrogen-bond donors (Lipinski definition) is 0. The molecule has 13 heavy (non-hydrogen) atoms. The molecular formula is C8H11ClO4. The molecule has 0 saturated heterocycles. The van der Waals surface area contributed by atoms with Crippen LogP contribution in [0.2, 0.25) is 0 Å². The molecule has 0 heterocycles. The summed E-state index contributed by atoms with van der Waals surface area (Å²) in [6, 6.07) is 0. The monoisotopic (exact) mass is 206 g/mol. The van der Waals surface area contributed by atoms with Gasteiger partial charge in [-0.05, 0) is 13.8 Å². The molecule has 0 rings (SSSR count). The third-order valence-corrected chi connectivity index (χ3v) is 1.27. The fraction of sp³-hybridized carbons (Fsp3) is 0.500. The number of hydrogen-bond acceptors (Lipinski definition) is 4. The summed E-state index contributed by atoms with van der Waals surface area (Å²) in [7, 11) is 0. The SMILES string of the molecule is CCOC(=O)C=C(Cl)C(=O)OCC. The number of rotatable bonds is 4. The minimum atomic E-state index is -0.725. The summed E-state index contributed by atoms with van der Waals surface area (Å²) in [6.45, 7) is 3.75. The molecule has 0 amide bonds. The van der Waals surface area contributed by atoms with E-state index in [1.807, 2.05) is 0 Å². The summed E-state index contributed by atoms with van der Waals surface area (Å²) >= 11 is 5.43. The quantitative estimate of drug-likeness (QED) is 0.513. The summed E-state index contributed by atoms with van der Waals surface area (Å²) in [4.78, 5) is 21.6. The first-order valence-corrected chi connectivity index (χ1v) is 4.20. The molecule has 0 aromatic rings. The van der Waals surface area contributed by atoms with E-state index in [0.717, 1.165) is 6.08 Å². The van der Waals surface area contributed by atoms with E-state index in [2.05, 4.69) is 9.47 Å². The highest BCUT2D eigenvalue weighted by atomic mass is 35.5. The molecular weight excluding hydrogens is 196 g/mol. The summed E-state index contributed by atoms with van der Waals surface area (Å²) in [5.41, 5.74) is 0. The third-order valence-electron chi connectivity index (χ3n) is 1.00. The van der Waals surface area contributed by atoms with Crippen LogP contribution in [0.4, 0.5) is 0 Å². The molecule has 0 aliphatic carbocycles. The van der Waals surface area contributed by atoms with Gasteiger partial charge in [-0.1, -0.05) is 11.6 Å². The molecule has 0 aromatic carbocycles. The fourth-order valence-corrected chi connectivity index (χ4v) is 0.690. The van der Waals surface area contributed by atoms with Crippen LogP contribution in [-0.4, -0.2) is 25.2 Å². The Morgan fingerprint density at radius 2 is 1.77 bits per heavy atom. The van der Waals surface area contributed by atoms with Crippen LogP contribution >= 0.6 is 11.6 Å². The van der Waals surface area contributed by atoms with Gasteiger partial charge in [0.05, 0.1) is 13.2 Å². The lowest BCUT2D eigenvalue weighted by atomic mass is 10.5. The van der Waals surface area contributed by atoms with Crippen molar-refractivity contribution in [1.82, 2.24) is 0 Å². The van der Waals surface area contributed by atoms with E-state index >= 15 is 0 Å². The third kappa shape index (κ3) is 5.25. The van der Waals surface area contributed by atoms with Crippen molar-refractivity contribution < 1.29 is 19.1 Å². The first-order valence-electron chi connectivity index (χ1n) is 3.82. The summed E-state index contributed by atoms with van der Waals surface area (Å²) < 4.78 is 9.07. The van der Waals surface area contributed by atoms with Crippen LogP contribution in [0.3, 0.4) is 0 Å². The highest BCUT2D eigenvalue weighted by Crippen LogP contribution is 2.04. The van der Waals surface area contributed by atoms with Gasteiger partial charge in [0.2, 0.25) is 0 Å². The lowest BCUT2D eigenvalue weighted by Gasteiger charge is -1.99. The van der Waals surface area contributed by atoms with E-state index in [4.69, 9.17) is 11.6 Å². The molecule has 0 fully saturated rings. The average molecular weight is 207 g/mol. The van der Waals surface area contributed by atoms with E-state index < -0.39 is 11.9 Å². The van der Waals surface area contributed by atoms with Crippen LogP contribution in [0.25, 0.3) is 0 Å². The van der Waals surface area contributed by atoms with Crippen LogP contribution < -0.4 is 0 Å². The molecule has 0 aliphatic heterocycles. The normalized spacial score (nSPS) is 10.8. The maximum atomic E-state index is 10.9. The Labute approximate surface area is 81.5 Å². The van der Waals surface area contributed by atoms with Crippen molar-refractivity contribution in [1.29, 1.82) is 0 Å². The Kier molecular flexibility index (Phi) is 5.97. The Hall–Kier alpha value is -1.03. The van der Waals surface area contributed by atoms with Crippen molar-refractivity contribution >= 4 is 23.5 Å². The molecule has 0 N–H and O–H groups in total. The van der Waals surface area contributed by atoms with Gasteiger partial charge in [-0.15, -0.1) is 0 Å².